The highest BCUT2D eigenvalue weighted by molar-refractivity contribution is 5.92. The number of rotatable bonds is 6. The second-order valence-electron chi connectivity index (χ2n) is 5.96. The zero-order valence-corrected chi connectivity index (χ0v) is 13.9. The standard InChI is InChI=1S/C19H21N3O2/c1-14(2)18(13-23)22(12-15-6-4-3-5-7-15)19(24)17-9-8-16(10-20)11-21-17/h3-9,11,14,18,23H,12-13H2,1-2H3/t18-/m1/s1. The number of nitriles is 1. The minimum Gasteiger partial charge on any atom is -0.394 e. The molecular formula is C19H21N3O2. The summed E-state index contributed by atoms with van der Waals surface area (Å²) in [6.45, 7) is 4.22. The maximum absolute atomic E-state index is 12.9. The molecule has 1 N–H and O–H groups in total. The van der Waals surface area contributed by atoms with Gasteiger partial charge in [-0.05, 0) is 23.6 Å². The van der Waals surface area contributed by atoms with E-state index >= 15 is 0 Å². The van der Waals surface area contributed by atoms with Gasteiger partial charge in [-0.3, -0.25) is 4.79 Å². The van der Waals surface area contributed by atoms with Crippen molar-refractivity contribution in [3.8, 4) is 6.07 Å². The molecule has 5 heteroatoms. The van der Waals surface area contributed by atoms with Crippen molar-refractivity contribution >= 4 is 5.91 Å². The minimum absolute atomic E-state index is 0.0982. The van der Waals surface area contributed by atoms with Crippen molar-refractivity contribution in [1.82, 2.24) is 9.88 Å². The number of hydrogen-bond acceptors (Lipinski definition) is 4. The Morgan fingerprint density at radius 3 is 2.46 bits per heavy atom. The summed E-state index contributed by atoms with van der Waals surface area (Å²) in [6.07, 6.45) is 1.39. The van der Waals surface area contributed by atoms with Crippen molar-refractivity contribution in [2.45, 2.75) is 26.4 Å². The van der Waals surface area contributed by atoms with Gasteiger partial charge in [0.15, 0.2) is 0 Å². The van der Waals surface area contributed by atoms with Crippen LogP contribution < -0.4 is 0 Å². The molecule has 1 heterocycles. The number of hydrogen-bond donors (Lipinski definition) is 1. The summed E-state index contributed by atoms with van der Waals surface area (Å²) in [7, 11) is 0. The van der Waals surface area contributed by atoms with Crippen molar-refractivity contribution < 1.29 is 9.90 Å². The number of aromatic nitrogens is 1. The van der Waals surface area contributed by atoms with Crippen LogP contribution in [0.25, 0.3) is 0 Å². The van der Waals surface area contributed by atoms with Crippen molar-refractivity contribution in [3.05, 3.63) is 65.5 Å². The first-order valence-corrected chi connectivity index (χ1v) is 7.88. The second-order valence-corrected chi connectivity index (χ2v) is 5.96. The molecule has 0 fully saturated rings. The van der Waals surface area contributed by atoms with Gasteiger partial charge in [0.1, 0.15) is 11.8 Å². The summed E-state index contributed by atoms with van der Waals surface area (Å²) in [4.78, 5) is 18.7. The molecule has 0 radical (unpaired) electrons. The van der Waals surface area contributed by atoms with Crippen LogP contribution in [-0.2, 0) is 6.54 Å². The Labute approximate surface area is 142 Å². The van der Waals surface area contributed by atoms with E-state index < -0.39 is 0 Å². The number of benzene rings is 1. The number of carbonyl (C=O) groups is 1. The van der Waals surface area contributed by atoms with E-state index in [1.807, 2.05) is 50.2 Å². The van der Waals surface area contributed by atoms with Crippen LogP contribution in [0.1, 0.15) is 35.5 Å². The van der Waals surface area contributed by atoms with Crippen LogP contribution in [0.15, 0.2) is 48.7 Å². The van der Waals surface area contributed by atoms with Crippen molar-refractivity contribution in [1.29, 1.82) is 5.26 Å². The molecule has 2 rings (SSSR count). The van der Waals surface area contributed by atoms with E-state index in [0.29, 0.717) is 12.1 Å². The van der Waals surface area contributed by atoms with Crippen molar-refractivity contribution in [2.24, 2.45) is 5.92 Å². The van der Waals surface area contributed by atoms with Crippen molar-refractivity contribution in [2.75, 3.05) is 6.61 Å². The maximum Gasteiger partial charge on any atom is 0.273 e. The molecule has 0 saturated heterocycles. The molecule has 0 bridgehead atoms. The summed E-state index contributed by atoms with van der Waals surface area (Å²) in [6, 6.07) is 14.4. The molecule has 1 amide bonds. The molecule has 1 atom stereocenters. The summed E-state index contributed by atoms with van der Waals surface area (Å²) in [5, 5.41) is 18.6. The lowest BCUT2D eigenvalue weighted by molar-refractivity contribution is 0.0476. The van der Waals surface area contributed by atoms with Crippen LogP contribution in [-0.4, -0.2) is 33.5 Å². The third-order valence-electron chi connectivity index (χ3n) is 3.93. The third-order valence-corrected chi connectivity index (χ3v) is 3.93. The van der Waals surface area contributed by atoms with E-state index in [4.69, 9.17) is 5.26 Å². The molecule has 5 nitrogen and oxygen atoms in total. The molecule has 0 unspecified atom stereocenters. The highest BCUT2D eigenvalue weighted by Gasteiger charge is 2.27. The minimum atomic E-state index is -0.310. The van der Waals surface area contributed by atoms with E-state index in [1.165, 1.54) is 6.20 Å². The van der Waals surface area contributed by atoms with E-state index in [1.54, 1.807) is 17.0 Å². The number of amides is 1. The van der Waals surface area contributed by atoms with Crippen LogP contribution >= 0.6 is 0 Å². The van der Waals surface area contributed by atoms with Crippen molar-refractivity contribution in [3.63, 3.8) is 0 Å². The Morgan fingerprint density at radius 1 is 1.25 bits per heavy atom. The fourth-order valence-corrected chi connectivity index (χ4v) is 2.52. The monoisotopic (exact) mass is 323 g/mol. The lowest BCUT2D eigenvalue weighted by Crippen LogP contribution is -2.45. The Kier molecular flexibility index (Phi) is 6.05. The molecule has 0 aliphatic carbocycles. The van der Waals surface area contributed by atoms with E-state index in [-0.39, 0.29) is 30.2 Å². The Balaban J connectivity index is 2.32. The third kappa shape index (κ3) is 4.18. The van der Waals surface area contributed by atoms with Crippen LogP contribution in [0.4, 0.5) is 0 Å². The van der Waals surface area contributed by atoms with Crippen LogP contribution in [0, 0.1) is 17.2 Å². The summed E-state index contributed by atoms with van der Waals surface area (Å²) >= 11 is 0. The molecule has 2 aromatic rings. The predicted octanol–water partition coefficient (Wildman–Crippen LogP) is 2.61. The molecule has 1 aromatic heterocycles. The first-order valence-electron chi connectivity index (χ1n) is 7.88. The zero-order valence-electron chi connectivity index (χ0n) is 13.9. The summed E-state index contributed by atoms with van der Waals surface area (Å²) in [5.41, 5.74) is 1.66. The Hall–Kier alpha value is -2.71. The van der Waals surface area contributed by atoms with Crippen LogP contribution in [0.2, 0.25) is 0 Å². The topological polar surface area (TPSA) is 77.2 Å². The quantitative estimate of drug-likeness (QED) is 0.886. The van der Waals surface area contributed by atoms with Gasteiger partial charge in [0.25, 0.3) is 5.91 Å². The van der Waals surface area contributed by atoms with Gasteiger partial charge in [0.05, 0.1) is 18.2 Å². The molecule has 0 spiro atoms. The average molecular weight is 323 g/mol. The summed E-state index contributed by atoms with van der Waals surface area (Å²) < 4.78 is 0. The smallest absolute Gasteiger partial charge is 0.273 e. The molecule has 124 valence electrons. The SMILES string of the molecule is CC(C)[C@@H](CO)N(Cc1ccccc1)C(=O)c1ccc(C#N)cn1. The van der Waals surface area contributed by atoms with Gasteiger partial charge >= 0.3 is 0 Å². The highest BCUT2D eigenvalue weighted by Crippen LogP contribution is 2.18. The van der Waals surface area contributed by atoms with Gasteiger partial charge < -0.3 is 10.0 Å². The maximum atomic E-state index is 12.9. The van der Waals surface area contributed by atoms with E-state index in [0.717, 1.165) is 5.56 Å². The molecule has 0 saturated carbocycles. The van der Waals surface area contributed by atoms with Gasteiger partial charge in [-0.1, -0.05) is 44.2 Å². The van der Waals surface area contributed by atoms with Crippen LogP contribution in [0.3, 0.4) is 0 Å². The summed E-state index contributed by atoms with van der Waals surface area (Å²) in [5.74, 6) is -0.155. The molecule has 1 aromatic carbocycles. The molecule has 0 aliphatic heterocycles. The average Bonchev–Trinajstić information content (AvgIpc) is 2.61. The predicted molar refractivity (Wildman–Crippen MR) is 91.0 cm³/mol. The van der Waals surface area contributed by atoms with Gasteiger partial charge in [-0.15, -0.1) is 0 Å². The van der Waals surface area contributed by atoms with Gasteiger partial charge in [0.2, 0.25) is 0 Å². The number of carbonyl (C=O) groups excluding carboxylic acids is 1. The first kappa shape index (κ1) is 17.6. The molecular weight excluding hydrogens is 302 g/mol. The fraction of sp³-hybridized carbons (Fsp3) is 0.316. The number of pyridine rings is 1. The Bertz CT molecular complexity index is 706. The highest BCUT2D eigenvalue weighted by atomic mass is 16.3. The Morgan fingerprint density at radius 2 is 1.96 bits per heavy atom. The normalized spacial score (nSPS) is 11.8. The van der Waals surface area contributed by atoms with Crippen LogP contribution in [0.5, 0.6) is 0 Å². The van der Waals surface area contributed by atoms with E-state index in [2.05, 4.69) is 4.98 Å². The number of aliphatic hydroxyl groups is 1. The fourth-order valence-electron chi connectivity index (χ4n) is 2.52. The molecule has 24 heavy (non-hydrogen) atoms. The second kappa shape index (κ2) is 8.23. The largest absolute Gasteiger partial charge is 0.394 e. The molecule has 0 aliphatic rings. The van der Waals surface area contributed by atoms with Gasteiger partial charge in [-0.25, -0.2) is 4.98 Å². The lowest BCUT2D eigenvalue weighted by Gasteiger charge is -2.33. The number of nitrogens with zero attached hydrogens (tertiary/aromatic N) is 3. The first-order chi connectivity index (χ1) is 11.6. The zero-order chi connectivity index (χ0) is 17.5. The van der Waals surface area contributed by atoms with E-state index in [9.17, 15) is 9.90 Å². The van der Waals surface area contributed by atoms with Gasteiger partial charge in [0, 0.05) is 12.7 Å². The van der Waals surface area contributed by atoms with Gasteiger partial charge in [-0.2, -0.15) is 5.26 Å². The lowest BCUT2D eigenvalue weighted by atomic mass is 10.0. The number of aliphatic hydroxyl groups excluding tert-OH is 1.